The number of H-pyrrole nitrogens is 1. The Morgan fingerprint density at radius 3 is 2.34 bits per heavy atom. The number of carboxylic acids is 1. The largest absolute Gasteiger partial charge is 0.493 e. The molecule has 31 heteroatoms. The Hall–Kier alpha value is -7.62. The van der Waals surface area contributed by atoms with Gasteiger partial charge in [-0.05, 0) is 61.4 Å². The number of hydrogen-bond donors (Lipinski definition) is 10. The van der Waals surface area contributed by atoms with Crippen LogP contribution >= 0.6 is 34.7 Å². The molecular weight excluding hydrogens is 1150 g/mol. The van der Waals surface area contributed by atoms with Gasteiger partial charge in [-0.3, -0.25) is 14.2 Å². The first kappa shape index (κ1) is 63.6. The third-order valence-corrected chi connectivity index (χ3v) is 14.8. The van der Waals surface area contributed by atoms with Gasteiger partial charge in [0.2, 0.25) is 21.0 Å². The number of ether oxygens (including phenoxy) is 4. The van der Waals surface area contributed by atoms with Crippen LogP contribution < -0.4 is 46.2 Å². The number of anilines is 3. The van der Waals surface area contributed by atoms with E-state index in [2.05, 4.69) is 51.7 Å². The first-order valence-electron chi connectivity index (χ1n) is 24.5. The summed E-state index contributed by atoms with van der Waals surface area (Å²) in [7, 11) is -0.727. The summed E-state index contributed by atoms with van der Waals surface area (Å²) in [6.45, 7) is 6.53. The summed E-state index contributed by atoms with van der Waals surface area (Å²) in [5, 5.41) is 64.7. The monoisotopic (exact) mass is 1210 g/mol. The van der Waals surface area contributed by atoms with Gasteiger partial charge in [-0.15, -0.1) is 5.10 Å². The molecule has 1 amide bonds. The smallest absolute Gasteiger partial charge is 0.354 e. The summed E-state index contributed by atoms with van der Waals surface area (Å²) in [6.07, 6.45) is -4.30. The number of methoxy groups -OCH3 is 1. The average Bonchev–Trinajstić information content (AvgIpc) is 4.33. The van der Waals surface area contributed by atoms with Gasteiger partial charge >= 0.3 is 11.7 Å². The number of nitrogen functional groups attached to an aromatic ring is 1. The zero-order valence-electron chi connectivity index (χ0n) is 44.6. The van der Waals surface area contributed by atoms with E-state index in [4.69, 9.17) is 51.6 Å². The minimum atomic E-state index is -3.83. The van der Waals surface area contributed by atoms with Crippen LogP contribution in [0.5, 0.6) is 17.2 Å². The minimum absolute atomic E-state index is 0.108. The molecule has 1 unspecified atom stereocenters. The molecule has 0 spiro atoms. The molecule has 8 aromatic rings. The number of carbonyl (C=O) groups excluding carboxylic acids is 1. The molecule has 82 heavy (non-hydrogen) atoms. The van der Waals surface area contributed by atoms with Crippen LogP contribution in [0.25, 0.3) is 21.8 Å². The van der Waals surface area contributed by atoms with Crippen LogP contribution in [0.1, 0.15) is 24.3 Å². The second kappa shape index (κ2) is 29.9. The molecule has 4 aromatic heterocycles. The van der Waals surface area contributed by atoms with E-state index in [1.807, 2.05) is 92.7 Å². The normalized spacial score (nSPS) is 16.2. The van der Waals surface area contributed by atoms with Gasteiger partial charge in [0.1, 0.15) is 60.7 Å². The number of hydrogen-bond acceptors (Lipinski definition) is 23. The van der Waals surface area contributed by atoms with Crippen molar-refractivity contribution in [3.8, 4) is 17.2 Å². The van der Waals surface area contributed by atoms with Crippen LogP contribution in [-0.2, 0) is 31.4 Å². The lowest BCUT2D eigenvalue weighted by Gasteiger charge is -2.16. The molecule has 0 radical (unpaired) electrons. The Bertz CT molecular complexity index is 3720. The molecule has 1 saturated heterocycles. The van der Waals surface area contributed by atoms with Gasteiger partial charge in [0.05, 0.1) is 25.0 Å². The molecule has 1 fully saturated rings. The van der Waals surface area contributed by atoms with Gasteiger partial charge in [-0.2, -0.15) is 9.98 Å². The molecule has 5 atom stereocenters. The molecule has 0 bridgehead atoms. The molecule has 0 saturated carbocycles. The number of carbonyl (C=O) groups is 2. The number of sulfonamides is 1. The van der Waals surface area contributed by atoms with Crippen LogP contribution in [0.2, 0.25) is 5.15 Å². The lowest BCUT2D eigenvalue weighted by molar-refractivity contribution is -0.134. The van der Waals surface area contributed by atoms with Crippen LogP contribution in [-0.4, -0.2) is 155 Å². The molecule has 5 heterocycles. The molecule has 4 aromatic carbocycles. The van der Waals surface area contributed by atoms with E-state index in [-0.39, 0.29) is 32.6 Å². The first-order chi connectivity index (χ1) is 39.1. The number of nitrogens with zero attached hydrogens (tertiary/aromatic N) is 8. The van der Waals surface area contributed by atoms with E-state index in [1.54, 1.807) is 13.2 Å². The zero-order chi connectivity index (χ0) is 59.7. The maximum absolute atomic E-state index is 11.5. The number of nitrogens with one attached hydrogen (secondary N) is 3. The lowest BCUT2D eigenvalue weighted by atomic mass is 10.1. The number of aliphatic carboxylic acids is 1. The fourth-order valence-electron chi connectivity index (χ4n) is 7.46. The molecule has 9 rings (SSSR count). The van der Waals surface area contributed by atoms with Gasteiger partial charge in [0.15, 0.2) is 22.9 Å². The first-order valence-corrected chi connectivity index (χ1v) is 28.2. The number of carboxylic acid groups (broad SMARTS) is 1. The van der Waals surface area contributed by atoms with Gasteiger partial charge in [-0.25, -0.2) is 38.0 Å². The quantitative estimate of drug-likeness (QED) is 0.0255. The van der Waals surface area contributed by atoms with Crippen molar-refractivity contribution in [3.63, 3.8) is 0 Å². The highest BCUT2D eigenvalue weighted by Gasteiger charge is 2.44. The van der Waals surface area contributed by atoms with E-state index in [0.29, 0.717) is 42.2 Å². The number of rotatable bonds is 18. The standard InChI is InChI=1S/C24H26N2O4.C14H14ClN3O2S.C8H12N4O5.C5H8N4O3S2/c1-28-21-10-4-5-11-22(21)29-14-13-25-15-17(27)16-30-23-12-6-9-20-24(23)18-7-2-3-8-19(18)26-20;1-8-4-3-5-10(9(8)2)16-12-6-11(15)17-14(18-12)21-7-13(19)20;9-7-10-2-12(8(16)11-7)6-5(15)4(14)3(1-13)17-6;1-3(10)7-4-9(2)8-5(13-4)14(6,11)12/h2-12,17,25-27H,13-16H2,1H3;3-6H,7H2,1-2H3,(H,19,20)(H,16,17,18);2-6,13-15H,1H2,(H2,9,11,16);1-2H3,(H2,6,11,12)/b;;;7-4-/t;;3-,4-,5-,6-;/m..1./s1. The summed E-state index contributed by atoms with van der Waals surface area (Å²) in [6, 6.07) is 29.1. The number of primary sulfonamides is 1. The van der Waals surface area contributed by atoms with Gasteiger partial charge in [0, 0.05) is 55.1 Å². The maximum atomic E-state index is 11.5. The average molecular weight is 1210 g/mol. The van der Waals surface area contributed by atoms with Crippen molar-refractivity contribution < 1.29 is 62.5 Å². The Balaban J connectivity index is 0.000000184. The Kier molecular flexibility index (Phi) is 23.2. The van der Waals surface area contributed by atoms with Crippen molar-refractivity contribution in [1.29, 1.82) is 0 Å². The van der Waals surface area contributed by atoms with Crippen molar-refractivity contribution in [3.05, 3.63) is 129 Å². The van der Waals surface area contributed by atoms with Gasteiger partial charge in [0.25, 0.3) is 10.0 Å². The number of halogens is 1. The lowest BCUT2D eigenvalue weighted by Crippen LogP contribution is -2.36. The highest BCUT2D eigenvalue weighted by atomic mass is 35.5. The number of aryl methyl sites for hydroxylation is 2. The van der Waals surface area contributed by atoms with Crippen molar-refractivity contribution in [1.82, 2.24) is 44.6 Å². The van der Waals surface area contributed by atoms with Crippen molar-refractivity contribution in [2.24, 2.45) is 17.2 Å². The second-order valence-corrected chi connectivity index (χ2v) is 21.5. The molecular formula is C51H60ClN13O14S3. The van der Waals surface area contributed by atoms with Crippen molar-refractivity contribution >= 4 is 95.9 Å². The van der Waals surface area contributed by atoms with Crippen LogP contribution in [0.4, 0.5) is 17.5 Å². The van der Waals surface area contributed by atoms with E-state index in [9.17, 15) is 38.1 Å². The number of aliphatic hydroxyl groups excluding tert-OH is 4. The fraction of sp³-hybridized carbons (Fsp3) is 0.314. The van der Waals surface area contributed by atoms with Crippen LogP contribution in [0, 0.1) is 13.8 Å². The summed E-state index contributed by atoms with van der Waals surface area (Å²) < 4.78 is 45.6. The zero-order valence-corrected chi connectivity index (χ0v) is 47.8. The molecule has 12 N–H and O–H groups in total. The van der Waals surface area contributed by atoms with Crippen LogP contribution in [0.3, 0.4) is 0 Å². The third kappa shape index (κ3) is 17.9. The fourth-order valence-corrected chi connectivity index (χ4v) is 9.87. The SMILES string of the molecule is CC(=O)/N=c1\sc(S(N)(=O)=O)nn1C.COc1ccccc1OCCNCC(O)COc1cccc2[nH]c3ccccc3c12.Cc1cccc(Nc2cc(Cl)nc(SCC(=O)O)n2)c1C.Nc1ncn([C@@H]2O[C@H](CO)[C@@H](O)[C@H]2O)c(=O)n1. The van der Waals surface area contributed by atoms with Crippen LogP contribution in [0.15, 0.2) is 117 Å². The predicted octanol–water partition coefficient (Wildman–Crippen LogP) is 2.81. The number of thioether (sulfide) groups is 1. The van der Waals surface area contributed by atoms with E-state index in [0.717, 1.165) is 72.8 Å². The number of para-hydroxylation sites is 3. The molecule has 438 valence electrons. The number of aromatic amines is 1. The summed E-state index contributed by atoms with van der Waals surface area (Å²) in [4.78, 5) is 55.1. The highest BCUT2D eigenvalue weighted by molar-refractivity contribution is 7.99. The number of nitrogens with two attached hydrogens (primary N) is 2. The van der Waals surface area contributed by atoms with E-state index >= 15 is 0 Å². The summed E-state index contributed by atoms with van der Waals surface area (Å²) in [5.74, 6) is 1.06. The van der Waals surface area contributed by atoms with Gasteiger partial charge < -0.3 is 65.8 Å². The predicted molar refractivity (Wildman–Crippen MR) is 306 cm³/mol. The summed E-state index contributed by atoms with van der Waals surface area (Å²) >= 11 is 7.73. The molecule has 0 aliphatic carbocycles. The van der Waals surface area contributed by atoms with Gasteiger partial charge in [-0.1, -0.05) is 83.2 Å². The maximum Gasteiger partial charge on any atom is 0.354 e. The highest BCUT2D eigenvalue weighted by Crippen LogP contribution is 2.33. The van der Waals surface area contributed by atoms with E-state index in [1.165, 1.54) is 24.2 Å². The number of benzene rings is 4. The second-order valence-electron chi connectivity index (χ2n) is 17.5. The Labute approximate surface area is 481 Å². The summed E-state index contributed by atoms with van der Waals surface area (Å²) in [5.41, 5.74) is 9.76. The number of fused-ring (bicyclic) bond motifs is 3. The Morgan fingerprint density at radius 1 is 0.976 bits per heavy atom. The number of amides is 1. The van der Waals surface area contributed by atoms with Crippen molar-refractivity contribution in [2.45, 2.75) is 60.9 Å². The molecule has 27 nitrogen and oxygen atoms in total. The van der Waals surface area contributed by atoms with Crippen molar-refractivity contribution in [2.75, 3.05) is 56.8 Å². The number of aliphatic hydroxyl groups is 4. The molecule has 1 aliphatic heterocycles. The van der Waals surface area contributed by atoms with E-state index < -0.39 is 64.8 Å². The Morgan fingerprint density at radius 2 is 1.67 bits per heavy atom. The topological polar surface area (TPSA) is 402 Å². The third-order valence-electron chi connectivity index (χ3n) is 11.5. The number of aromatic nitrogens is 8. The minimum Gasteiger partial charge on any atom is -0.493 e. The molecule has 1 aliphatic rings.